The first-order valence-corrected chi connectivity index (χ1v) is 4.96. The number of hydrogen-bond donors (Lipinski definition) is 1. The molecule has 0 aliphatic heterocycles. The van der Waals surface area contributed by atoms with Crippen LogP contribution in [0.5, 0.6) is 0 Å². The van der Waals surface area contributed by atoms with E-state index < -0.39 is 0 Å². The highest BCUT2D eigenvalue weighted by Gasteiger charge is 2.03. The van der Waals surface area contributed by atoms with Gasteiger partial charge in [0, 0.05) is 21.8 Å². The maximum atomic E-state index is 5.88. The first-order chi connectivity index (χ1) is 7.15. The van der Waals surface area contributed by atoms with Gasteiger partial charge in [0.1, 0.15) is 0 Å². The number of anilines is 1. The molecule has 0 saturated heterocycles. The second-order valence-corrected chi connectivity index (χ2v) is 3.83. The molecular formula is C10H7Cl2N3. The van der Waals surface area contributed by atoms with Crippen LogP contribution in [0.4, 0.5) is 5.95 Å². The minimum Gasteiger partial charge on any atom is -0.368 e. The van der Waals surface area contributed by atoms with Gasteiger partial charge in [-0.05, 0) is 24.3 Å². The highest BCUT2D eigenvalue weighted by Crippen LogP contribution is 2.25. The molecule has 3 nitrogen and oxygen atoms in total. The molecule has 0 bridgehead atoms. The lowest BCUT2D eigenvalue weighted by Crippen LogP contribution is -1.95. The Morgan fingerprint density at radius 2 is 1.73 bits per heavy atom. The summed E-state index contributed by atoms with van der Waals surface area (Å²) in [4.78, 5) is 7.89. The van der Waals surface area contributed by atoms with Gasteiger partial charge in [-0.25, -0.2) is 9.97 Å². The monoisotopic (exact) mass is 239 g/mol. The minimum absolute atomic E-state index is 0.226. The lowest BCUT2D eigenvalue weighted by atomic mass is 10.1. The molecular weight excluding hydrogens is 233 g/mol. The molecule has 0 fully saturated rings. The summed E-state index contributed by atoms with van der Waals surface area (Å²) in [6, 6.07) is 6.96. The van der Waals surface area contributed by atoms with E-state index in [2.05, 4.69) is 9.97 Å². The van der Waals surface area contributed by atoms with Crippen molar-refractivity contribution in [2.45, 2.75) is 0 Å². The Bertz CT molecular complexity index is 480. The number of aromatic nitrogens is 2. The SMILES string of the molecule is Nc1nccc(-c2cc(Cl)cc(Cl)c2)n1. The zero-order valence-electron chi connectivity index (χ0n) is 7.61. The van der Waals surface area contributed by atoms with Crippen molar-refractivity contribution in [1.82, 2.24) is 9.97 Å². The number of nitrogen functional groups attached to an aromatic ring is 1. The first-order valence-electron chi connectivity index (χ1n) is 4.20. The predicted molar refractivity (Wildman–Crippen MR) is 61.9 cm³/mol. The minimum atomic E-state index is 0.226. The number of rotatable bonds is 1. The highest BCUT2D eigenvalue weighted by atomic mass is 35.5. The van der Waals surface area contributed by atoms with Gasteiger partial charge in [0.05, 0.1) is 5.69 Å². The van der Waals surface area contributed by atoms with Gasteiger partial charge < -0.3 is 5.73 Å². The molecule has 0 saturated carbocycles. The van der Waals surface area contributed by atoms with Crippen molar-refractivity contribution in [1.29, 1.82) is 0 Å². The van der Waals surface area contributed by atoms with Gasteiger partial charge in [0.2, 0.25) is 5.95 Å². The normalized spacial score (nSPS) is 10.3. The molecule has 1 heterocycles. The van der Waals surface area contributed by atoms with Crippen LogP contribution in [-0.2, 0) is 0 Å². The Hall–Kier alpha value is -1.32. The van der Waals surface area contributed by atoms with Crippen LogP contribution in [0, 0.1) is 0 Å². The summed E-state index contributed by atoms with van der Waals surface area (Å²) in [6.07, 6.45) is 1.59. The summed E-state index contributed by atoms with van der Waals surface area (Å²) in [5.74, 6) is 0.226. The van der Waals surface area contributed by atoms with E-state index in [0.29, 0.717) is 15.7 Å². The van der Waals surface area contributed by atoms with Gasteiger partial charge >= 0.3 is 0 Å². The maximum absolute atomic E-state index is 5.88. The van der Waals surface area contributed by atoms with Crippen molar-refractivity contribution in [2.75, 3.05) is 5.73 Å². The van der Waals surface area contributed by atoms with Crippen molar-refractivity contribution in [3.05, 3.63) is 40.5 Å². The fraction of sp³-hybridized carbons (Fsp3) is 0. The number of nitrogens with two attached hydrogens (primary N) is 1. The molecule has 0 spiro atoms. The molecule has 2 N–H and O–H groups in total. The fourth-order valence-electron chi connectivity index (χ4n) is 1.24. The van der Waals surface area contributed by atoms with Crippen LogP contribution < -0.4 is 5.73 Å². The Kier molecular flexibility index (Phi) is 2.75. The lowest BCUT2D eigenvalue weighted by Gasteiger charge is -2.02. The first kappa shape index (κ1) is 10.2. The summed E-state index contributed by atoms with van der Waals surface area (Å²) >= 11 is 11.8. The van der Waals surface area contributed by atoms with E-state index >= 15 is 0 Å². The van der Waals surface area contributed by atoms with Crippen LogP contribution in [0.2, 0.25) is 10.0 Å². The van der Waals surface area contributed by atoms with E-state index in [1.807, 2.05) is 0 Å². The summed E-state index contributed by atoms with van der Waals surface area (Å²) in [6.45, 7) is 0. The fourth-order valence-corrected chi connectivity index (χ4v) is 1.76. The Morgan fingerprint density at radius 1 is 1.07 bits per heavy atom. The Morgan fingerprint density at radius 3 is 2.33 bits per heavy atom. The number of hydrogen-bond acceptors (Lipinski definition) is 3. The molecule has 0 unspecified atom stereocenters. The third-order valence-corrected chi connectivity index (χ3v) is 2.27. The van der Waals surface area contributed by atoms with Gasteiger partial charge in [-0.1, -0.05) is 23.2 Å². The molecule has 2 rings (SSSR count). The van der Waals surface area contributed by atoms with Crippen LogP contribution in [0.25, 0.3) is 11.3 Å². The molecule has 0 amide bonds. The third kappa shape index (κ3) is 2.37. The number of halogens is 2. The standard InChI is InChI=1S/C10H7Cl2N3/c11-7-3-6(4-8(12)5-7)9-1-2-14-10(13)15-9/h1-5H,(H2,13,14,15). The highest BCUT2D eigenvalue weighted by molar-refractivity contribution is 6.35. The quantitative estimate of drug-likeness (QED) is 0.833. The van der Waals surface area contributed by atoms with Gasteiger partial charge in [0.25, 0.3) is 0 Å². The molecule has 5 heteroatoms. The van der Waals surface area contributed by atoms with Crippen LogP contribution in [-0.4, -0.2) is 9.97 Å². The maximum Gasteiger partial charge on any atom is 0.220 e. The van der Waals surface area contributed by atoms with Crippen LogP contribution in [0.1, 0.15) is 0 Å². The Balaban J connectivity index is 2.54. The Labute approximate surface area is 96.9 Å². The molecule has 15 heavy (non-hydrogen) atoms. The molecule has 0 radical (unpaired) electrons. The topological polar surface area (TPSA) is 51.8 Å². The van der Waals surface area contributed by atoms with E-state index in [4.69, 9.17) is 28.9 Å². The van der Waals surface area contributed by atoms with Gasteiger partial charge in [0.15, 0.2) is 0 Å². The van der Waals surface area contributed by atoms with E-state index in [9.17, 15) is 0 Å². The van der Waals surface area contributed by atoms with Crippen LogP contribution in [0.15, 0.2) is 30.5 Å². The van der Waals surface area contributed by atoms with Crippen molar-refractivity contribution in [3.63, 3.8) is 0 Å². The second kappa shape index (κ2) is 4.04. The van der Waals surface area contributed by atoms with Gasteiger partial charge in [-0.2, -0.15) is 0 Å². The number of benzene rings is 1. The predicted octanol–water partition coefficient (Wildman–Crippen LogP) is 3.03. The van der Waals surface area contributed by atoms with Crippen molar-refractivity contribution < 1.29 is 0 Å². The molecule has 0 atom stereocenters. The molecule has 76 valence electrons. The van der Waals surface area contributed by atoms with Crippen molar-refractivity contribution in [2.24, 2.45) is 0 Å². The average molecular weight is 240 g/mol. The van der Waals surface area contributed by atoms with Crippen molar-refractivity contribution in [3.8, 4) is 11.3 Å². The van der Waals surface area contributed by atoms with Crippen LogP contribution >= 0.6 is 23.2 Å². The molecule has 2 aromatic rings. The second-order valence-electron chi connectivity index (χ2n) is 2.96. The molecule has 1 aromatic carbocycles. The average Bonchev–Trinajstić information content (AvgIpc) is 2.16. The zero-order chi connectivity index (χ0) is 10.8. The summed E-state index contributed by atoms with van der Waals surface area (Å²) in [5, 5.41) is 1.13. The van der Waals surface area contributed by atoms with Crippen molar-refractivity contribution >= 4 is 29.2 Å². The summed E-state index contributed by atoms with van der Waals surface area (Å²) in [5.41, 5.74) is 7.01. The third-order valence-electron chi connectivity index (χ3n) is 1.83. The smallest absolute Gasteiger partial charge is 0.220 e. The van der Waals surface area contributed by atoms with Gasteiger partial charge in [-0.3, -0.25) is 0 Å². The molecule has 0 aliphatic carbocycles. The molecule has 0 aliphatic rings. The van der Waals surface area contributed by atoms with E-state index in [0.717, 1.165) is 5.56 Å². The van der Waals surface area contributed by atoms with E-state index in [1.165, 1.54) is 0 Å². The van der Waals surface area contributed by atoms with E-state index in [-0.39, 0.29) is 5.95 Å². The van der Waals surface area contributed by atoms with Crippen LogP contribution in [0.3, 0.4) is 0 Å². The lowest BCUT2D eigenvalue weighted by molar-refractivity contribution is 1.19. The van der Waals surface area contributed by atoms with E-state index in [1.54, 1.807) is 30.5 Å². The number of nitrogens with zero attached hydrogens (tertiary/aromatic N) is 2. The summed E-state index contributed by atoms with van der Waals surface area (Å²) < 4.78 is 0. The largest absolute Gasteiger partial charge is 0.368 e. The molecule has 1 aromatic heterocycles. The summed E-state index contributed by atoms with van der Waals surface area (Å²) in [7, 11) is 0. The van der Waals surface area contributed by atoms with Gasteiger partial charge in [-0.15, -0.1) is 0 Å². The zero-order valence-corrected chi connectivity index (χ0v) is 9.13.